The number of ether oxygens (including phenoxy) is 1. The lowest BCUT2D eigenvalue weighted by Gasteiger charge is -2.11. The van der Waals surface area contributed by atoms with Gasteiger partial charge in [-0.1, -0.05) is 33.6 Å². The van der Waals surface area contributed by atoms with Crippen molar-refractivity contribution in [2.75, 3.05) is 7.11 Å². The highest BCUT2D eigenvalue weighted by Gasteiger charge is 2.14. The van der Waals surface area contributed by atoms with Crippen LogP contribution in [0.2, 0.25) is 0 Å². The molecule has 114 valence electrons. The van der Waals surface area contributed by atoms with E-state index in [0.29, 0.717) is 16.9 Å². The highest BCUT2D eigenvalue weighted by molar-refractivity contribution is 9.10. The molecule has 0 saturated heterocycles. The van der Waals surface area contributed by atoms with E-state index < -0.39 is 5.91 Å². The van der Waals surface area contributed by atoms with Crippen LogP contribution in [0.1, 0.15) is 26.3 Å². The van der Waals surface area contributed by atoms with Crippen molar-refractivity contribution in [3.63, 3.8) is 0 Å². The molecule has 2 aromatic carbocycles. The Hall–Kier alpha value is -2.34. The molecule has 0 bridgehead atoms. The van der Waals surface area contributed by atoms with Crippen molar-refractivity contribution in [2.24, 2.45) is 0 Å². The number of hydrazine groups is 1. The van der Waals surface area contributed by atoms with E-state index in [2.05, 4.69) is 26.8 Å². The summed E-state index contributed by atoms with van der Waals surface area (Å²) in [7, 11) is 1.48. The number of halogens is 1. The monoisotopic (exact) mass is 362 g/mol. The number of benzene rings is 2. The van der Waals surface area contributed by atoms with Crippen molar-refractivity contribution in [2.45, 2.75) is 6.92 Å². The molecule has 0 aliphatic rings. The first-order chi connectivity index (χ1) is 10.5. The summed E-state index contributed by atoms with van der Waals surface area (Å²) in [6.07, 6.45) is 0. The number of amides is 2. The van der Waals surface area contributed by atoms with E-state index >= 15 is 0 Å². The largest absolute Gasteiger partial charge is 0.496 e. The van der Waals surface area contributed by atoms with E-state index in [1.165, 1.54) is 7.11 Å². The van der Waals surface area contributed by atoms with Gasteiger partial charge in [0.1, 0.15) is 5.75 Å². The van der Waals surface area contributed by atoms with Gasteiger partial charge in [0.2, 0.25) is 0 Å². The molecule has 0 aromatic heterocycles. The number of nitrogens with one attached hydrogen (secondary N) is 2. The maximum Gasteiger partial charge on any atom is 0.273 e. The van der Waals surface area contributed by atoms with Crippen molar-refractivity contribution >= 4 is 27.7 Å². The topological polar surface area (TPSA) is 67.4 Å². The van der Waals surface area contributed by atoms with Gasteiger partial charge in [-0.3, -0.25) is 20.4 Å². The Morgan fingerprint density at radius 1 is 1.05 bits per heavy atom. The summed E-state index contributed by atoms with van der Waals surface area (Å²) in [5.74, 6) is -0.421. The van der Waals surface area contributed by atoms with Gasteiger partial charge in [0, 0.05) is 10.0 Å². The summed E-state index contributed by atoms with van der Waals surface area (Å²) in [5.41, 5.74) is 6.52. The molecule has 0 fully saturated rings. The van der Waals surface area contributed by atoms with E-state index in [0.717, 1.165) is 10.0 Å². The van der Waals surface area contributed by atoms with Crippen molar-refractivity contribution in [1.29, 1.82) is 0 Å². The molecule has 0 saturated carbocycles. The predicted octanol–water partition coefficient (Wildman–Crippen LogP) is 2.84. The number of aryl methyl sites for hydroxylation is 1. The standard InChI is InChI=1S/C16H15BrN2O3/c1-10-4-3-5-11(8-10)15(20)18-19-16(21)13-9-12(17)6-7-14(13)22-2/h3-9H,1-2H3,(H,18,20)(H,19,21). The molecule has 0 aliphatic carbocycles. The van der Waals surface area contributed by atoms with Gasteiger partial charge in [0.05, 0.1) is 12.7 Å². The predicted molar refractivity (Wildman–Crippen MR) is 86.8 cm³/mol. The SMILES string of the molecule is COc1ccc(Br)cc1C(=O)NNC(=O)c1cccc(C)c1. The molecule has 0 atom stereocenters. The first-order valence-electron chi connectivity index (χ1n) is 6.52. The Kier molecular flexibility index (Phi) is 5.16. The molecular weight excluding hydrogens is 348 g/mol. The molecule has 2 aromatic rings. The minimum atomic E-state index is -0.459. The Morgan fingerprint density at radius 2 is 1.77 bits per heavy atom. The van der Waals surface area contributed by atoms with E-state index in [4.69, 9.17) is 4.74 Å². The van der Waals surface area contributed by atoms with Gasteiger partial charge >= 0.3 is 0 Å². The Balaban J connectivity index is 2.07. The zero-order valence-corrected chi connectivity index (χ0v) is 13.7. The van der Waals surface area contributed by atoms with Gasteiger partial charge in [0.15, 0.2) is 0 Å². The van der Waals surface area contributed by atoms with Crippen molar-refractivity contribution in [1.82, 2.24) is 10.9 Å². The summed E-state index contributed by atoms with van der Waals surface area (Å²) < 4.78 is 5.87. The summed E-state index contributed by atoms with van der Waals surface area (Å²) in [6.45, 7) is 1.89. The zero-order chi connectivity index (χ0) is 16.1. The minimum absolute atomic E-state index is 0.321. The second-order valence-corrected chi connectivity index (χ2v) is 5.54. The molecule has 2 N–H and O–H groups in total. The number of hydrogen-bond donors (Lipinski definition) is 2. The van der Waals surface area contributed by atoms with Crippen LogP contribution in [0.5, 0.6) is 5.75 Å². The van der Waals surface area contributed by atoms with Gasteiger partial charge in [0.25, 0.3) is 11.8 Å². The number of methoxy groups -OCH3 is 1. The fourth-order valence-electron chi connectivity index (χ4n) is 1.90. The molecule has 0 spiro atoms. The van der Waals surface area contributed by atoms with Crippen LogP contribution in [0.4, 0.5) is 0 Å². The lowest BCUT2D eigenvalue weighted by atomic mass is 10.1. The van der Waals surface area contributed by atoms with Crippen LogP contribution >= 0.6 is 15.9 Å². The smallest absolute Gasteiger partial charge is 0.273 e. The molecule has 0 unspecified atom stereocenters. The van der Waals surface area contributed by atoms with Crippen LogP contribution in [0, 0.1) is 6.92 Å². The van der Waals surface area contributed by atoms with Gasteiger partial charge in [-0.05, 0) is 37.3 Å². The second kappa shape index (κ2) is 7.09. The average molecular weight is 363 g/mol. The van der Waals surface area contributed by atoms with E-state index in [1.54, 1.807) is 36.4 Å². The van der Waals surface area contributed by atoms with Crippen molar-refractivity contribution in [3.05, 3.63) is 63.6 Å². The highest BCUT2D eigenvalue weighted by atomic mass is 79.9. The van der Waals surface area contributed by atoms with Gasteiger partial charge in [-0.25, -0.2) is 0 Å². The van der Waals surface area contributed by atoms with Crippen LogP contribution in [0.25, 0.3) is 0 Å². The quantitative estimate of drug-likeness (QED) is 0.825. The third-order valence-corrected chi connectivity index (χ3v) is 3.47. The lowest BCUT2D eigenvalue weighted by Crippen LogP contribution is -2.41. The Morgan fingerprint density at radius 3 is 2.45 bits per heavy atom. The third kappa shape index (κ3) is 3.85. The highest BCUT2D eigenvalue weighted by Crippen LogP contribution is 2.22. The number of carbonyl (C=O) groups is 2. The fourth-order valence-corrected chi connectivity index (χ4v) is 2.26. The molecule has 0 aliphatic heterocycles. The zero-order valence-electron chi connectivity index (χ0n) is 12.1. The first kappa shape index (κ1) is 16.0. The van der Waals surface area contributed by atoms with E-state index in [9.17, 15) is 9.59 Å². The Bertz CT molecular complexity index is 716. The summed E-state index contributed by atoms with van der Waals surface area (Å²) in [5, 5.41) is 0. The number of hydrogen-bond acceptors (Lipinski definition) is 3. The molecule has 6 heteroatoms. The molecule has 0 radical (unpaired) electrons. The Labute approximate surface area is 136 Å². The second-order valence-electron chi connectivity index (χ2n) is 4.62. The maximum absolute atomic E-state index is 12.2. The van der Waals surface area contributed by atoms with Crippen molar-refractivity contribution in [3.8, 4) is 5.75 Å². The van der Waals surface area contributed by atoms with Crippen LogP contribution in [0.15, 0.2) is 46.9 Å². The number of rotatable bonds is 3. The molecule has 2 amide bonds. The van der Waals surface area contributed by atoms with Crippen LogP contribution < -0.4 is 15.6 Å². The third-order valence-electron chi connectivity index (χ3n) is 2.98. The van der Waals surface area contributed by atoms with Crippen molar-refractivity contribution < 1.29 is 14.3 Å². The van der Waals surface area contributed by atoms with E-state index in [1.807, 2.05) is 13.0 Å². The first-order valence-corrected chi connectivity index (χ1v) is 7.31. The summed E-state index contributed by atoms with van der Waals surface area (Å²) in [6, 6.07) is 12.1. The fraction of sp³-hybridized carbons (Fsp3) is 0.125. The summed E-state index contributed by atoms with van der Waals surface area (Å²) in [4.78, 5) is 24.1. The maximum atomic E-state index is 12.2. The van der Waals surface area contributed by atoms with Gasteiger partial charge in [-0.15, -0.1) is 0 Å². The van der Waals surface area contributed by atoms with E-state index in [-0.39, 0.29) is 5.91 Å². The average Bonchev–Trinajstić information content (AvgIpc) is 2.52. The van der Waals surface area contributed by atoms with Gasteiger partial charge < -0.3 is 4.74 Å². The molecular formula is C16H15BrN2O3. The molecule has 5 nitrogen and oxygen atoms in total. The minimum Gasteiger partial charge on any atom is -0.496 e. The molecule has 22 heavy (non-hydrogen) atoms. The summed E-state index contributed by atoms with van der Waals surface area (Å²) >= 11 is 3.30. The van der Waals surface area contributed by atoms with Crippen LogP contribution in [-0.4, -0.2) is 18.9 Å². The normalized spacial score (nSPS) is 9.95. The molecule has 2 rings (SSSR count). The lowest BCUT2D eigenvalue weighted by molar-refractivity contribution is 0.0845. The van der Waals surface area contributed by atoms with Crippen LogP contribution in [-0.2, 0) is 0 Å². The molecule has 0 heterocycles. The van der Waals surface area contributed by atoms with Crippen LogP contribution in [0.3, 0.4) is 0 Å². The number of carbonyl (C=O) groups excluding carboxylic acids is 2. The van der Waals surface area contributed by atoms with Gasteiger partial charge in [-0.2, -0.15) is 0 Å².